The Morgan fingerprint density at radius 2 is 2.00 bits per heavy atom. The molecule has 2 atom stereocenters. The lowest BCUT2D eigenvalue weighted by Gasteiger charge is -2.17. The third-order valence-electron chi connectivity index (χ3n) is 5.06. The summed E-state index contributed by atoms with van der Waals surface area (Å²) in [6.07, 6.45) is 0. The number of hydrogen-bond donors (Lipinski definition) is 2. The molecule has 0 aliphatic rings. The molecule has 0 fully saturated rings. The second-order valence-electron chi connectivity index (χ2n) is 7.48. The van der Waals surface area contributed by atoms with Gasteiger partial charge in [0.05, 0.1) is 18.3 Å². The van der Waals surface area contributed by atoms with Crippen molar-refractivity contribution in [1.29, 1.82) is 0 Å². The monoisotopic (exact) mass is 540 g/mol. The van der Waals surface area contributed by atoms with Crippen LogP contribution in [0.1, 0.15) is 62.4 Å². The second-order valence-corrected chi connectivity index (χ2v) is 7.48. The van der Waals surface area contributed by atoms with Crippen molar-refractivity contribution in [2.24, 2.45) is 4.99 Å². The van der Waals surface area contributed by atoms with Crippen LogP contribution in [-0.4, -0.2) is 30.8 Å². The van der Waals surface area contributed by atoms with E-state index in [9.17, 15) is 0 Å². The summed E-state index contributed by atoms with van der Waals surface area (Å²) in [6, 6.07) is 7.93. The fourth-order valence-electron chi connectivity index (χ4n) is 3.65. The van der Waals surface area contributed by atoms with Gasteiger partial charge >= 0.3 is 0 Å². The Bertz CT molecular complexity index is 992. The molecule has 1 aromatic carbocycles. The van der Waals surface area contributed by atoms with Crippen LogP contribution in [0.15, 0.2) is 38.2 Å². The van der Waals surface area contributed by atoms with Crippen LogP contribution in [-0.2, 0) is 0 Å². The van der Waals surface area contributed by atoms with Gasteiger partial charge in [0, 0.05) is 30.0 Å². The van der Waals surface area contributed by atoms with E-state index in [0.29, 0.717) is 13.2 Å². The fraction of sp³-hybridized carbons (Fsp3) is 0.478. The summed E-state index contributed by atoms with van der Waals surface area (Å²) < 4.78 is 17.1. The van der Waals surface area contributed by atoms with Gasteiger partial charge in [-0.15, -0.1) is 24.0 Å². The van der Waals surface area contributed by atoms with E-state index in [0.717, 1.165) is 52.0 Å². The highest BCUT2D eigenvalue weighted by molar-refractivity contribution is 14.0. The minimum Gasteiger partial charge on any atom is -0.490 e. The van der Waals surface area contributed by atoms with Crippen LogP contribution in [0, 0.1) is 13.8 Å². The lowest BCUT2D eigenvalue weighted by molar-refractivity contribution is 0.336. The Balaban J connectivity index is 0.00000341. The smallest absolute Gasteiger partial charge is 0.191 e. The number of ether oxygens (including phenoxy) is 1. The Labute approximate surface area is 201 Å². The molecule has 7 nitrogen and oxygen atoms in total. The molecule has 0 radical (unpaired) electrons. The number of guanidine groups is 1. The molecule has 0 aliphatic heterocycles. The first-order valence-corrected chi connectivity index (χ1v) is 10.6. The van der Waals surface area contributed by atoms with Gasteiger partial charge in [0.1, 0.15) is 11.5 Å². The number of rotatable bonds is 8. The summed E-state index contributed by atoms with van der Waals surface area (Å²) in [4.78, 5) is 4.78. The summed E-state index contributed by atoms with van der Waals surface area (Å²) in [5, 5.41) is 11.8. The van der Waals surface area contributed by atoms with Crippen molar-refractivity contribution >= 4 is 40.9 Å². The molecule has 8 heteroatoms. The van der Waals surface area contributed by atoms with Crippen LogP contribution >= 0.6 is 24.0 Å². The number of halogens is 1. The molecule has 0 aliphatic carbocycles. The predicted molar refractivity (Wildman–Crippen MR) is 135 cm³/mol. The highest BCUT2D eigenvalue weighted by atomic mass is 127. The average molecular weight is 540 g/mol. The van der Waals surface area contributed by atoms with Crippen LogP contribution in [0.3, 0.4) is 0 Å². The van der Waals surface area contributed by atoms with E-state index >= 15 is 0 Å². The lowest BCUT2D eigenvalue weighted by atomic mass is 10.00. The Kier molecular flexibility index (Phi) is 9.21. The third-order valence-corrected chi connectivity index (χ3v) is 5.06. The number of fused-ring (bicyclic) bond motifs is 1. The van der Waals surface area contributed by atoms with Gasteiger partial charge in [-0.3, -0.25) is 4.99 Å². The highest BCUT2D eigenvalue weighted by Gasteiger charge is 2.18. The standard InChI is InChI=1S/C23H32N4O3.HI/c1-7-24-23(25-13-14(3)21-16(5)27-30-17(21)6)26-15(4)20-12-18-10-9-11-19(28-8-2)22(18)29-20;/h9-12,14-15H,7-8,13H2,1-6H3,(H2,24,25,26);1H. The first kappa shape index (κ1) is 25.0. The summed E-state index contributed by atoms with van der Waals surface area (Å²) in [5.74, 6) is 3.41. The molecule has 170 valence electrons. The topological polar surface area (TPSA) is 84.8 Å². The Hall–Kier alpha value is -2.23. The van der Waals surface area contributed by atoms with Gasteiger partial charge in [0.15, 0.2) is 17.3 Å². The molecule has 3 rings (SSSR count). The largest absolute Gasteiger partial charge is 0.490 e. The zero-order valence-electron chi connectivity index (χ0n) is 19.1. The van der Waals surface area contributed by atoms with Gasteiger partial charge in [-0.1, -0.05) is 24.2 Å². The number of benzene rings is 1. The van der Waals surface area contributed by atoms with Gasteiger partial charge in [-0.2, -0.15) is 0 Å². The molecular formula is C23H33IN4O3. The maximum absolute atomic E-state index is 6.12. The summed E-state index contributed by atoms with van der Waals surface area (Å²) >= 11 is 0. The van der Waals surface area contributed by atoms with Gasteiger partial charge in [0.25, 0.3) is 0 Å². The minimum absolute atomic E-state index is 0. The van der Waals surface area contributed by atoms with Crippen molar-refractivity contribution in [2.45, 2.75) is 53.5 Å². The van der Waals surface area contributed by atoms with E-state index in [4.69, 9.17) is 18.7 Å². The van der Waals surface area contributed by atoms with Crippen molar-refractivity contribution < 1.29 is 13.7 Å². The molecule has 0 saturated heterocycles. The Morgan fingerprint density at radius 3 is 2.65 bits per heavy atom. The van der Waals surface area contributed by atoms with Gasteiger partial charge in [-0.05, 0) is 46.8 Å². The molecule has 2 heterocycles. The number of para-hydroxylation sites is 1. The summed E-state index contributed by atoms with van der Waals surface area (Å²) in [7, 11) is 0. The van der Waals surface area contributed by atoms with E-state index in [1.807, 2.05) is 45.0 Å². The predicted octanol–water partition coefficient (Wildman–Crippen LogP) is 5.47. The van der Waals surface area contributed by atoms with E-state index in [1.165, 1.54) is 0 Å². The van der Waals surface area contributed by atoms with E-state index in [-0.39, 0.29) is 35.9 Å². The third kappa shape index (κ3) is 5.93. The summed E-state index contributed by atoms with van der Waals surface area (Å²) in [6.45, 7) is 14.1. The van der Waals surface area contributed by atoms with E-state index < -0.39 is 0 Å². The molecule has 2 unspecified atom stereocenters. The van der Waals surface area contributed by atoms with Crippen LogP contribution in [0.4, 0.5) is 0 Å². The highest BCUT2D eigenvalue weighted by Crippen LogP contribution is 2.31. The number of furan rings is 1. The average Bonchev–Trinajstić information content (AvgIpc) is 3.30. The number of nitrogens with one attached hydrogen (secondary N) is 2. The molecule has 2 aromatic heterocycles. The number of nitrogens with zero attached hydrogens (tertiary/aromatic N) is 2. The fourth-order valence-corrected chi connectivity index (χ4v) is 3.65. The zero-order chi connectivity index (χ0) is 21.7. The second kappa shape index (κ2) is 11.4. The quantitative estimate of drug-likeness (QED) is 0.224. The van der Waals surface area contributed by atoms with Gasteiger partial charge in [-0.25, -0.2) is 0 Å². The zero-order valence-corrected chi connectivity index (χ0v) is 21.4. The van der Waals surface area contributed by atoms with Crippen molar-refractivity contribution in [2.75, 3.05) is 19.7 Å². The Morgan fingerprint density at radius 1 is 1.23 bits per heavy atom. The molecule has 31 heavy (non-hydrogen) atoms. The molecule has 3 aromatic rings. The molecule has 0 bridgehead atoms. The number of hydrogen-bond acceptors (Lipinski definition) is 5. The van der Waals surface area contributed by atoms with Crippen molar-refractivity contribution in [1.82, 2.24) is 15.8 Å². The van der Waals surface area contributed by atoms with Crippen molar-refractivity contribution in [3.8, 4) is 5.75 Å². The SMILES string of the molecule is CCNC(=NCC(C)c1c(C)noc1C)NC(C)c1cc2cccc(OCC)c2o1.I. The van der Waals surface area contributed by atoms with Crippen LogP contribution in [0.25, 0.3) is 11.0 Å². The molecule has 0 spiro atoms. The molecule has 0 amide bonds. The van der Waals surface area contributed by atoms with Crippen molar-refractivity contribution in [3.63, 3.8) is 0 Å². The maximum Gasteiger partial charge on any atom is 0.191 e. The lowest BCUT2D eigenvalue weighted by Crippen LogP contribution is -2.38. The number of aromatic nitrogens is 1. The minimum atomic E-state index is -0.0564. The first-order chi connectivity index (χ1) is 14.4. The van der Waals surface area contributed by atoms with Gasteiger partial charge in [0.2, 0.25) is 0 Å². The van der Waals surface area contributed by atoms with E-state index in [1.54, 1.807) is 0 Å². The molecule has 2 N–H and O–H groups in total. The maximum atomic E-state index is 6.12. The van der Waals surface area contributed by atoms with Crippen LogP contribution in [0.2, 0.25) is 0 Å². The van der Waals surface area contributed by atoms with Crippen LogP contribution in [0.5, 0.6) is 5.75 Å². The molecule has 0 saturated carbocycles. The first-order valence-electron chi connectivity index (χ1n) is 10.6. The molecular weight excluding hydrogens is 507 g/mol. The number of aryl methyl sites for hydroxylation is 2. The van der Waals surface area contributed by atoms with E-state index in [2.05, 4.69) is 36.6 Å². The van der Waals surface area contributed by atoms with Crippen LogP contribution < -0.4 is 15.4 Å². The number of aliphatic imine (C=N–C) groups is 1. The van der Waals surface area contributed by atoms with Crippen molar-refractivity contribution in [3.05, 3.63) is 47.0 Å². The summed E-state index contributed by atoms with van der Waals surface area (Å²) in [5.41, 5.74) is 2.83. The van der Waals surface area contributed by atoms with Gasteiger partial charge < -0.3 is 24.3 Å². The normalized spacial score (nSPS) is 13.5.